The molecule has 2 aliphatic heterocycles. The van der Waals surface area contributed by atoms with Gasteiger partial charge in [0.05, 0.1) is 30.0 Å². The van der Waals surface area contributed by atoms with Crippen molar-refractivity contribution in [3.63, 3.8) is 0 Å². The van der Waals surface area contributed by atoms with Gasteiger partial charge in [-0.2, -0.15) is 5.10 Å². The molecule has 2 fully saturated rings. The first-order valence-corrected chi connectivity index (χ1v) is 7.32. The first-order valence-electron chi connectivity index (χ1n) is 6.94. The fourth-order valence-corrected chi connectivity index (χ4v) is 2.93. The van der Waals surface area contributed by atoms with Crippen LogP contribution in [0.25, 0.3) is 0 Å². The van der Waals surface area contributed by atoms with Crippen LogP contribution in [0.2, 0.25) is 5.02 Å². The molecule has 7 heteroatoms. The summed E-state index contributed by atoms with van der Waals surface area (Å²) in [5.74, 6) is 0.500. The minimum Gasteiger partial charge on any atom is -0.389 e. The van der Waals surface area contributed by atoms with Gasteiger partial charge in [0.1, 0.15) is 12.1 Å². The van der Waals surface area contributed by atoms with Crippen molar-refractivity contribution in [1.29, 1.82) is 0 Å². The summed E-state index contributed by atoms with van der Waals surface area (Å²) in [5.41, 5.74) is 0. The van der Waals surface area contributed by atoms with Gasteiger partial charge in [0.2, 0.25) is 0 Å². The summed E-state index contributed by atoms with van der Waals surface area (Å²) in [5, 5.41) is 18.7. The van der Waals surface area contributed by atoms with Crippen LogP contribution in [0.5, 0.6) is 0 Å². The number of aliphatic hydroxyl groups is 1. The van der Waals surface area contributed by atoms with Crippen molar-refractivity contribution in [2.45, 2.75) is 44.4 Å². The Balaban J connectivity index is 1.80. The number of aromatic nitrogens is 2. The number of halogens is 1. The molecule has 1 aromatic heterocycles. The lowest BCUT2D eigenvalue weighted by Crippen LogP contribution is -2.58. The highest BCUT2D eigenvalue weighted by Gasteiger charge is 2.51. The third kappa shape index (κ3) is 2.58. The first kappa shape index (κ1) is 14.3. The van der Waals surface area contributed by atoms with E-state index < -0.39 is 12.4 Å². The van der Waals surface area contributed by atoms with Crippen LogP contribution in [0, 0.1) is 5.92 Å². The molecule has 0 spiro atoms. The van der Waals surface area contributed by atoms with E-state index in [2.05, 4.69) is 24.3 Å². The van der Waals surface area contributed by atoms with Gasteiger partial charge < -0.3 is 19.9 Å². The molecule has 20 heavy (non-hydrogen) atoms. The average molecular weight is 302 g/mol. The van der Waals surface area contributed by atoms with E-state index in [1.54, 1.807) is 17.1 Å². The summed E-state index contributed by atoms with van der Waals surface area (Å²) in [4.78, 5) is 0. The average Bonchev–Trinajstić information content (AvgIpc) is 2.98. The molecule has 112 valence electrons. The van der Waals surface area contributed by atoms with Crippen LogP contribution in [0.3, 0.4) is 0 Å². The molecule has 0 aliphatic carbocycles. The summed E-state index contributed by atoms with van der Waals surface area (Å²) in [7, 11) is 0. The molecule has 3 rings (SSSR count). The Hall–Kier alpha value is -0.660. The zero-order valence-corrected chi connectivity index (χ0v) is 12.3. The molecule has 5 atom stereocenters. The predicted molar refractivity (Wildman–Crippen MR) is 73.5 cm³/mol. The van der Waals surface area contributed by atoms with Gasteiger partial charge in [-0.1, -0.05) is 25.4 Å². The fraction of sp³-hybridized carbons (Fsp3) is 0.769. The number of hydrogen-bond donors (Lipinski definition) is 2. The van der Waals surface area contributed by atoms with E-state index in [-0.39, 0.29) is 18.2 Å². The number of ether oxygens (including phenoxy) is 2. The minimum atomic E-state index is -0.629. The van der Waals surface area contributed by atoms with Crippen LogP contribution >= 0.6 is 11.6 Å². The highest BCUT2D eigenvalue weighted by molar-refractivity contribution is 6.30. The van der Waals surface area contributed by atoms with E-state index in [0.29, 0.717) is 17.5 Å². The highest BCUT2D eigenvalue weighted by Crippen LogP contribution is 2.35. The maximum absolute atomic E-state index is 10.7. The Bertz CT molecular complexity index is 467. The Labute approximate surface area is 123 Å². The number of rotatable bonds is 4. The van der Waals surface area contributed by atoms with Gasteiger partial charge >= 0.3 is 0 Å². The molecule has 0 saturated carbocycles. The first-order chi connectivity index (χ1) is 9.56. The van der Waals surface area contributed by atoms with Crippen molar-refractivity contribution < 1.29 is 14.6 Å². The maximum Gasteiger partial charge on any atom is 0.183 e. The molecular formula is C13H20ClN3O3. The quantitative estimate of drug-likeness (QED) is 0.861. The number of nitrogens with one attached hydrogen (secondary N) is 1. The standard InChI is InChI=1S/C13H20ClN3O3/c1-7(2)3-15-10-9-6-19-13(20-9)11(12(10)18)17-5-8(14)4-16-17/h4-5,7,9-13,15,18H,3,6H2,1-2H3. The van der Waals surface area contributed by atoms with Crippen LogP contribution in [-0.4, -0.2) is 52.6 Å². The van der Waals surface area contributed by atoms with Gasteiger partial charge in [-0.25, -0.2) is 0 Å². The van der Waals surface area contributed by atoms with E-state index in [4.69, 9.17) is 21.1 Å². The molecule has 3 heterocycles. The van der Waals surface area contributed by atoms with Crippen molar-refractivity contribution in [3.8, 4) is 0 Å². The maximum atomic E-state index is 10.7. The van der Waals surface area contributed by atoms with Crippen molar-refractivity contribution in [2.75, 3.05) is 13.2 Å². The Morgan fingerprint density at radius 2 is 2.40 bits per heavy atom. The third-order valence-corrected chi connectivity index (χ3v) is 3.96. The predicted octanol–water partition coefficient (Wildman–Crippen LogP) is 0.808. The van der Waals surface area contributed by atoms with Crippen LogP contribution < -0.4 is 5.32 Å². The van der Waals surface area contributed by atoms with Crippen LogP contribution in [0.1, 0.15) is 19.9 Å². The Morgan fingerprint density at radius 1 is 1.60 bits per heavy atom. The van der Waals surface area contributed by atoms with Crippen molar-refractivity contribution in [2.24, 2.45) is 5.92 Å². The van der Waals surface area contributed by atoms with Crippen LogP contribution in [0.4, 0.5) is 0 Å². The molecule has 2 bridgehead atoms. The monoisotopic (exact) mass is 301 g/mol. The Morgan fingerprint density at radius 3 is 3.05 bits per heavy atom. The van der Waals surface area contributed by atoms with Crippen LogP contribution in [0.15, 0.2) is 12.4 Å². The van der Waals surface area contributed by atoms with Crippen molar-refractivity contribution in [1.82, 2.24) is 15.1 Å². The number of aliphatic hydroxyl groups excluding tert-OH is 1. The largest absolute Gasteiger partial charge is 0.389 e. The van der Waals surface area contributed by atoms with E-state index in [1.807, 2.05) is 0 Å². The molecule has 6 nitrogen and oxygen atoms in total. The topological polar surface area (TPSA) is 68.5 Å². The van der Waals surface area contributed by atoms with Gasteiger partial charge in [0.15, 0.2) is 6.29 Å². The van der Waals surface area contributed by atoms with Gasteiger partial charge in [-0.15, -0.1) is 0 Å². The summed E-state index contributed by atoms with van der Waals surface area (Å²) in [6.07, 6.45) is 2.02. The molecule has 0 radical (unpaired) electrons. The number of nitrogens with zero attached hydrogens (tertiary/aromatic N) is 2. The lowest BCUT2D eigenvalue weighted by molar-refractivity contribution is -0.168. The summed E-state index contributed by atoms with van der Waals surface area (Å²) < 4.78 is 13.1. The molecule has 5 unspecified atom stereocenters. The highest BCUT2D eigenvalue weighted by atomic mass is 35.5. The van der Waals surface area contributed by atoms with E-state index in [1.165, 1.54) is 0 Å². The molecule has 0 amide bonds. The lowest BCUT2D eigenvalue weighted by Gasteiger charge is -2.39. The zero-order valence-electron chi connectivity index (χ0n) is 11.6. The zero-order chi connectivity index (χ0) is 14.3. The Kier molecular flexibility index (Phi) is 4.01. The lowest BCUT2D eigenvalue weighted by atomic mass is 9.95. The molecule has 0 aromatic carbocycles. The second-order valence-corrected chi connectivity index (χ2v) is 6.26. The number of hydrogen-bond acceptors (Lipinski definition) is 5. The summed E-state index contributed by atoms with van der Waals surface area (Å²) in [6.45, 7) is 5.56. The smallest absolute Gasteiger partial charge is 0.183 e. The third-order valence-electron chi connectivity index (χ3n) is 3.77. The van der Waals surface area contributed by atoms with Crippen LogP contribution in [-0.2, 0) is 9.47 Å². The molecule has 2 aliphatic rings. The normalized spacial score (nSPS) is 36.8. The SMILES string of the molecule is CC(C)CNC1C2COC(O2)C(n2cc(Cl)cn2)C1O. The molecule has 2 saturated heterocycles. The summed E-state index contributed by atoms with van der Waals surface area (Å²) >= 11 is 5.91. The van der Waals surface area contributed by atoms with Gasteiger partial charge in [0, 0.05) is 6.20 Å². The van der Waals surface area contributed by atoms with Gasteiger partial charge in [0.25, 0.3) is 0 Å². The van der Waals surface area contributed by atoms with E-state index in [0.717, 1.165) is 6.54 Å². The fourth-order valence-electron chi connectivity index (χ4n) is 2.78. The van der Waals surface area contributed by atoms with Crippen molar-refractivity contribution >= 4 is 11.6 Å². The van der Waals surface area contributed by atoms with Gasteiger partial charge in [-0.05, 0) is 12.5 Å². The molecule has 1 aromatic rings. The van der Waals surface area contributed by atoms with Crippen molar-refractivity contribution in [3.05, 3.63) is 17.4 Å². The minimum absolute atomic E-state index is 0.115. The number of fused-ring (bicyclic) bond motifs is 2. The molecular weight excluding hydrogens is 282 g/mol. The molecule has 2 N–H and O–H groups in total. The summed E-state index contributed by atoms with van der Waals surface area (Å²) in [6, 6.07) is -0.546. The second kappa shape index (κ2) is 5.61. The van der Waals surface area contributed by atoms with Gasteiger partial charge in [-0.3, -0.25) is 4.68 Å². The second-order valence-electron chi connectivity index (χ2n) is 5.82. The van der Waals surface area contributed by atoms with E-state index in [9.17, 15) is 5.11 Å². The van der Waals surface area contributed by atoms with E-state index >= 15 is 0 Å².